The number of hydrogen-bond donors (Lipinski definition) is 15. The first-order valence-corrected chi connectivity index (χ1v) is 24.8. The number of hydrogen-bond acceptors (Lipinski definition) is 12. The fourth-order valence-electron chi connectivity index (χ4n) is 7.68. The minimum atomic E-state index is -1.68. The lowest BCUT2D eigenvalue weighted by atomic mass is 10.0. The number of para-hydroxylation sites is 1. The number of aromatic nitrogens is 1. The Bertz CT molecular complexity index is 2530. The van der Waals surface area contributed by atoms with Crippen LogP contribution in [0.4, 0.5) is 0 Å². The van der Waals surface area contributed by atoms with Crippen molar-refractivity contribution in [2.24, 2.45) is 44.4 Å². The number of aromatic amines is 1. The third-order valence-corrected chi connectivity index (χ3v) is 11.5. The predicted molar refractivity (Wildman–Crippen MR) is 282 cm³/mol. The van der Waals surface area contributed by atoms with Crippen LogP contribution in [0, 0.1) is 0 Å². The Hall–Kier alpha value is -8.78. The Morgan fingerprint density at radius 3 is 2.00 bits per heavy atom. The predicted octanol–water partition coefficient (Wildman–Crippen LogP) is -3.84. The van der Waals surface area contributed by atoms with Crippen LogP contribution in [0.1, 0.15) is 82.8 Å². The van der Waals surface area contributed by atoms with Crippen molar-refractivity contribution < 1.29 is 47.9 Å². The highest BCUT2D eigenvalue weighted by Crippen LogP contribution is 2.19. The van der Waals surface area contributed by atoms with Crippen LogP contribution in [0.2, 0.25) is 0 Å². The summed E-state index contributed by atoms with van der Waals surface area (Å²) in [7, 11) is 0. The summed E-state index contributed by atoms with van der Waals surface area (Å²) in [5, 5.41) is 21.2. The second-order valence-electron chi connectivity index (χ2n) is 17.8. The number of aliphatic imine (C=N–C) groups is 2. The zero-order valence-electron chi connectivity index (χ0n) is 42.8. The van der Waals surface area contributed by atoms with Gasteiger partial charge >= 0.3 is 0 Å². The summed E-state index contributed by atoms with van der Waals surface area (Å²) < 4.78 is 0. The van der Waals surface area contributed by atoms with Gasteiger partial charge in [-0.25, -0.2) is 0 Å². The van der Waals surface area contributed by atoms with Crippen molar-refractivity contribution in [3.8, 4) is 0 Å². The Labute approximate surface area is 439 Å². The van der Waals surface area contributed by atoms with Crippen molar-refractivity contribution in [3.05, 3.63) is 71.9 Å². The van der Waals surface area contributed by atoms with Crippen LogP contribution >= 0.6 is 0 Å². The van der Waals surface area contributed by atoms with E-state index < -0.39 is 115 Å². The molecule has 0 aliphatic carbocycles. The Kier molecular flexibility index (Phi) is 26.2. The van der Waals surface area contributed by atoms with Gasteiger partial charge in [0.25, 0.3) is 0 Å². The lowest BCUT2D eigenvalue weighted by Crippen LogP contribution is -2.59. The van der Waals surface area contributed by atoms with Gasteiger partial charge in [-0.3, -0.25) is 57.9 Å². The molecule has 76 heavy (non-hydrogen) atoms. The monoisotopic (exact) mass is 1060 g/mol. The number of nitrogens with zero attached hydrogens (tertiary/aromatic N) is 2. The highest BCUT2D eigenvalue weighted by atomic mass is 16.2. The third kappa shape index (κ3) is 23.0. The molecule has 0 radical (unpaired) electrons. The van der Waals surface area contributed by atoms with Gasteiger partial charge < -0.3 is 81.9 Å². The largest absolute Gasteiger partial charge is 0.370 e. The molecule has 414 valence electrons. The molecule has 1 saturated heterocycles. The summed E-state index contributed by atoms with van der Waals surface area (Å²) in [6.45, 7) is 3.37. The number of rotatable bonds is 17. The maximum absolute atomic E-state index is 14.1. The highest BCUT2D eigenvalue weighted by Gasteiger charge is 2.34. The quantitative estimate of drug-likeness (QED) is 0.0350. The fraction of sp³-hybridized carbons (Fsp3) is 0.469. The zero-order chi connectivity index (χ0) is 56.2. The summed E-state index contributed by atoms with van der Waals surface area (Å²) in [5.74, 6) is -8.30. The number of H-pyrrole nitrogens is 1. The van der Waals surface area contributed by atoms with Gasteiger partial charge in [-0.1, -0.05) is 55.5 Å². The molecular formula is C49H73N17O10. The topological polar surface area (TPSA) is 464 Å². The first-order chi connectivity index (χ1) is 36.2. The van der Waals surface area contributed by atoms with E-state index in [9.17, 15) is 47.9 Å². The molecule has 27 heteroatoms. The van der Waals surface area contributed by atoms with Crippen LogP contribution in [0.15, 0.2) is 70.8 Å². The van der Waals surface area contributed by atoms with Crippen LogP contribution in [0.5, 0.6) is 0 Å². The number of primary amides is 2. The second-order valence-corrected chi connectivity index (χ2v) is 17.8. The minimum Gasteiger partial charge on any atom is -0.370 e. The summed E-state index contributed by atoms with van der Waals surface area (Å²) in [4.78, 5) is 144. The van der Waals surface area contributed by atoms with E-state index in [1.54, 1.807) is 42.6 Å². The van der Waals surface area contributed by atoms with Crippen molar-refractivity contribution in [2.45, 2.75) is 121 Å². The van der Waals surface area contributed by atoms with Crippen molar-refractivity contribution in [1.29, 1.82) is 0 Å². The van der Waals surface area contributed by atoms with Crippen molar-refractivity contribution in [1.82, 2.24) is 47.5 Å². The van der Waals surface area contributed by atoms with Gasteiger partial charge in [-0.15, -0.1) is 0 Å². The molecule has 0 bridgehead atoms. The summed E-state index contributed by atoms with van der Waals surface area (Å²) in [5.41, 5.74) is 34.0. The fourth-order valence-corrected chi connectivity index (χ4v) is 7.68. The van der Waals surface area contributed by atoms with Gasteiger partial charge in [0.1, 0.15) is 36.3 Å². The number of fused-ring (bicyclic) bond motifs is 1. The van der Waals surface area contributed by atoms with E-state index >= 15 is 0 Å². The van der Waals surface area contributed by atoms with E-state index in [2.05, 4.69) is 57.5 Å². The minimum absolute atomic E-state index is 0.00652. The average molecular weight is 1060 g/mol. The average Bonchev–Trinajstić information content (AvgIpc) is 3.78. The summed E-state index contributed by atoms with van der Waals surface area (Å²) in [6.07, 6.45) is 1.81. The Balaban J connectivity index is 0.00000202. The molecule has 4 unspecified atom stereocenters. The van der Waals surface area contributed by atoms with Crippen LogP contribution in [-0.4, -0.2) is 138 Å². The van der Waals surface area contributed by atoms with E-state index in [1.807, 2.05) is 25.1 Å². The number of carbonyl (C=O) groups is 10. The molecule has 6 atom stereocenters. The third-order valence-electron chi connectivity index (χ3n) is 11.5. The SMILES string of the molecule is CC(=O)NC(CCCN=C(N)N)C(=O)NC1CC(=O)NCCCCC(C(N)=O)NC(=O)[C@H](Cc2c[nH]c3ccccc23)NC(=O)CNC(=O)C(Cc2ccccc2)NC(=O)[C@H](CCC(N)=O)NC1=O.CCCN=C(N)N. The van der Waals surface area contributed by atoms with Crippen molar-refractivity contribution >= 4 is 81.9 Å². The molecule has 0 spiro atoms. The molecule has 10 amide bonds. The van der Waals surface area contributed by atoms with Crippen LogP contribution in [0.3, 0.4) is 0 Å². The molecule has 2 aromatic carbocycles. The molecule has 1 fully saturated rings. The lowest BCUT2D eigenvalue weighted by molar-refractivity contribution is -0.136. The molecule has 3 aromatic rings. The smallest absolute Gasteiger partial charge is 0.243 e. The number of nitrogens with two attached hydrogens (primary N) is 6. The van der Waals surface area contributed by atoms with Gasteiger partial charge in [-0.05, 0) is 62.1 Å². The Morgan fingerprint density at radius 1 is 0.711 bits per heavy atom. The molecule has 27 nitrogen and oxygen atoms in total. The van der Waals surface area contributed by atoms with E-state index in [4.69, 9.17) is 34.4 Å². The standard InChI is InChI=1S/C45H62N14O10.C4H11N3/c1-25(60)54-31(15-9-19-51-45(48)49)41(66)59-35-22-37(62)50-18-8-7-14-30(39(47)64)56-43(68)34(21-27-23-52-29-13-6-5-12-28(27)29)55-38(63)24-53-40(65)33(20-26-10-3-2-4-11-26)58-42(67)32(57-44(35)69)16-17-36(46)61;1-2-3-7-4(5)6/h2-6,10-13,23,30-35,52H,7-9,14-22,24H2,1H3,(H2,46,61)(H2,47,64)(H,50,62)(H,53,65)(H,54,60)(H,55,63)(H,56,68)(H,57,69)(H,58,67)(H,59,66)(H4,48,49,51);2-3H2,1H3,(H4,5,6,7)/t30?,31?,32-,33?,34-,35?;/m0./s1. The molecule has 4 rings (SSSR count). The lowest BCUT2D eigenvalue weighted by Gasteiger charge is -2.26. The number of nitrogens with one attached hydrogen (secondary N) is 9. The summed E-state index contributed by atoms with van der Waals surface area (Å²) in [6, 6.07) is 7.46. The van der Waals surface area contributed by atoms with E-state index in [-0.39, 0.29) is 76.4 Å². The molecule has 21 N–H and O–H groups in total. The first-order valence-electron chi connectivity index (χ1n) is 24.8. The summed E-state index contributed by atoms with van der Waals surface area (Å²) >= 11 is 0. The van der Waals surface area contributed by atoms with Gasteiger partial charge in [-0.2, -0.15) is 0 Å². The van der Waals surface area contributed by atoms with Crippen molar-refractivity contribution in [3.63, 3.8) is 0 Å². The van der Waals surface area contributed by atoms with E-state index in [1.165, 1.54) is 6.92 Å². The highest BCUT2D eigenvalue weighted by molar-refractivity contribution is 5.98. The number of guanidine groups is 2. The Morgan fingerprint density at radius 2 is 1.36 bits per heavy atom. The van der Waals surface area contributed by atoms with Crippen LogP contribution in [-0.2, 0) is 60.8 Å². The van der Waals surface area contributed by atoms with E-state index in [0.29, 0.717) is 11.1 Å². The molecule has 1 aromatic heterocycles. The van der Waals surface area contributed by atoms with Crippen LogP contribution in [0.25, 0.3) is 10.9 Å². The van der Waals surface area contributed by atoms with Crippen LogP contribution < -0.4 is 76.9 Å². The zero-order valence-corrected chi connectivity index (χ0v) is 42.8. The molecule has 1 aliphatic rings. The molecule has 1 aliphatic heterocycles. The number of benzene rings is 2. The maximum Gasteiger partial charge on any atom is 0.243 e. The molecule has 0 saturated carbocycles. The number of carbonyl (C=O) groups excluding carboxylic acids is 10. The van der Waals surface area contributed by atoms with Gasteiger partial charge in [0.2, 0.25) is 59.1 Å². The first kappa shape index (κ1) is 61.5. The molecule has 2 heterocycles. The second kappa shape index (κ2) is 32.4. The van der Waals surface area contributed by atoms with Gasteiger partial charge in [0.05, 0.1) is 13.0 Å². The van der Waals surface area contributed by atoms with Crippen molar-refractivity contribution in [2.75, 3.05) is 26.2 Å². The van der Waals surface area contributed by atoms with Gasteiger partial charge in [0, 0.05) is 62.9 Å². The van der Waals surface area contributed by atoms with Gasteiger partial charge in [0.15, 0.2) is 11.9 Å². The number of amides is 10. The normalized spacial score (nSPS) is 19.7. The van der Waals surface area contributed by atoms with E-state index in [0.717, 1.165) is 23.9 Å². The molecular weight excluding hydrogens is 987 g/mol. The maximum atomic E-state index is 14.1.